The van der Waals surface area contributed by atoms with Crippen LogP contribution < -0.4 is 4.74 Å². The molecule has 2 aliphatic rings. The van der Waals surface area contributed by atoms with Crippen molar-refractivity contribution in [1.82, 2.24) is 0 Å². The molecule has 2 aromatic carbocycles. The summed E-state index contributed by atoms with van der Waals surface area (Å²) in [4.78, 5) is 32.0. The number of benzene rings is 2. The molecule has 172 valence electrons. The van der Waals surface area contributed by atoms with Gasteiger partial charge in [-0.25, -0.2) is 0 Å². The maximum Gasteiger partial charge on any atom is 0.167 e. The molecule has 1 heterocycles. The lowest BCUT2D eigenvalue weighted by Crippen LogP contribution is -2.45. The van der Waals surface area contributed by atoms with Crippen LogP contribution in [-0.2, 0) is 9.59 Å². The molecule has 4 nitrogen and oxygen atoms in total. The fraction of sp³-hybridized carbons (Fsp3) is 0.414. The number of aliphatic imine (C=N–C) groups is 1. The molecule has 4 heteroatoms. The Morgan fingerprint density at radius 3 is 2.48 bits per heavy atom. The number of ether oxygens (including phenoxy) is 1. The minimum atomic E-state index is -0.768. The van der Waals surface area contributed by atoms with Gasteiger partial charge in [0.05, 0.1) is 24.0 Å². The van der Waals surface area contributed by atoms with Crippen molar-refractivity contribution in [2.75, 3.05) is 7.11 Å². The zero-order chi connectivity index (χ0) is 24.0. The van der Waals surface area contributed by atoms with Crippen LogP contribution in [0.1, 0.15) is 63.1 Å². The van der Waals surface area contributed by atoms with Gasteiger partial charge in [0.1, 0.15) is 11.5 Å². The van der Waals surface area contributed by atoms with Crippen LogP contribution in [-0.4, -0.2) is 29.9 Å². The molecule has 0 fully saturated rings. The second kappa shape index (κ2) is 8.40. The fourth-order valence-corrected chi connectivity index (χ4v) is 5.81. The summed E-state index contributed by atoms with van der Waals surface area (Å²) in [6, 6.07) is 15.8. The standard InChI is InChI=1S/C29H33NO3/c1-18-12-13-24(33-6)23(14-18)22-15-25(32)29(16-19(22)2)17-28(4,5)30-27(29)26(20(3)31)21-10-8-7-9-11-21/h7-15,19,26H,16-17H2,1-6H3. The molecule has 1 spiro atoms. The van der Waals surface area contributed by atoms with Crippen molar-refractivity contribution in [3.63, 3.8) is 0 Å². The molecular weight excluding hydrogens is 410 g/mol. The summed E-state index contributed by atoms with van der Waals surface area (Å²) in [7, 11) is 1.66. The lowest BCUT2D eigenvalue weighted by Gasteiger charge is -2.39. The highest BCUT2D eigenvalue weighted by Gasteiger charge is 2.56. The Kier molecular flexibility index (Phi) is 5.90. The van der Waals surface area contributed by atoms with Crippen LogP contribution in [0.5, 0.6) is 5.75 Å². The van der Waals surface area contributed by atoms with Gasteiger partial charge in [0.25, 0.3) is 0 Å². The van der Waals surface area contributed by atoms with E-state index in [9.17, 15) is 9.59 Å². The van der Waals surface area contributed by atoms with E-state index < -0.39 is 16.9 Å². The number of nitrogens with zero attached hydrogens (tertiary/aromatic N) is 1. The summed E-state index contributed by atoms with van der Waals surface area (Å²) >= 11 is 0. The normalized spacial score (nSPS) is 24.9. The summed E-state index contributed by atoms with van der Waals surface area (Å²) < 4.78 is 5.62. The Morgan fingerprint density at radius 2 is 1.85 bits per heavy atom. The molecule has 0 bridgehead atoms. The number of allylic oxidation sites excluding steroid dienone is 2. The van der Waals surface area contributed by atoms with Crippen LogP contribution in [0.25, 0.3) is 5.57 Å². The highest BCUT2D eigenvalue weighted by Crippen LogP contribution is 2.53. The summed E-state index contributed by atoms with van der Waals surface area (Å²) in [6.07, 6.45) is 3.04. The Hall–Kier alpha value is -3.01. The molecule has 3 unspecified atom stereocenters. The van der Waals surface area contributed by atoms with E-state index in [1.165, 1.54) is 0 Å². The van der Waals surface area contributed by atoms with Crippen molar-refractivity contribution in [2.24, 2.45) is 16.3 Å². The van der Waals surface area contributed by atoms with Gasteiger partial charge in [-0.3, -0.25) is 14.6 Å². The molecule has 2 aromatic rings. The average molecular weight is 444 g/mol. The smallest absolute Gasteiger partial charge is 0.167 e. The first-order valence-electron chi connectivity index (χ1n) is 11.6. The second-order valence-electron chi connectivity index (χ2n) is 10.3. The number of methoxy groups -OCH3 is 1. The van der Waals surface area contributed by atoms with Crippen molar-refractivity contribution in [3.8, 4) is 5.75 Å². The monoisotopic (exact) mass is 443 g/mol. The lowest BCUT2D eigenvalue weighted by atomic mass is 9.61. The number of ketones is 2. The molecule has 0 saturated carbocycles. The van der Waals surface area contributed by atoms with Gasteiger partial charge in [0, 0.05) is 11.3 Å². The molecule has 33 heavy (non-hydrogen) atoms. The largest absolute Gasteiger partial charge is 0.496 e. The third kappa shape index (κ3) is 4.07. The summed E-state index contributed by atoms with van der Waals surface area (Å²) in [6.45, 7) is 9.93. The minimum absolute atomic E-state index is 0.0209. The van der Waals surface area contributed by atoms with Gasteiger partial charge < -0.3 is 4.74 Å². The number of rotatable bonds is 5. The molecule has 1 aliphatic carbocycles. The fourth-order valence-electron chi connectivity index (χ4n) is 5.81. The predicted molar refractivity (Wildman–Crippen MR) is 133 cm³/mol. The van der Waals surface area contributed by atoms with E-state index in [0.29, 0.717) is 12.8 Å². The third-order valence-electron chi connectivity index (χ3n) is 7.07. The topological polar surface area (TPSA) is 55.7 Å². The zero-order valence-electron chi connectivity index (χ0n) is 20.4. The summed E-state index contributed by atoms with van der Waals surface area (Å²) in [5.74, 6) is 0.445. The minimum Gasteiger partial charge on any atom is -0.496 e. The van der Waals surface area contributed by atoms with Crippen LogP contribution in [0.2, 0.25) is 0 Å². The van der Waals surface area contributed by atoms with Crippen LogP contribution in [0, 0.1) is 18.3 Å². The molecule has 0 radical (unpaired) electrons. The Morgan fingerprint density at radius 1 is 1.15 bits per heavy atom. The van der Waals surface area contributed by atoms with Crippen molar-refractivity contribution >= 4 is 22.9 Å². The first kappa shape index (κ1) is 23.2. The average Bonchev–Trinajstić information content (AvgIpc) is 3.02. The van der Waals surface area contributed by atoms with E-state index >= 15 is 0 Å². The highest BCUT2D eigenvalue weighted by molar-refractivity contribution is 6.24. The highest BCUT2D eigenvalue weighted by atomic mass is 16.5. The maximum atomic E-state index is 14.0. The Balaban J connectivity index is 1.84. The van der Waals surface area contributed by atoms with Crippen molar-refractivity contribution in [3.05, 3.63) is 71.3 Å². The van der Waals surface area contributed by atoms with Gasteiger partial charge in [0.2, 0.25) is 0 Å². The molecular formula is C29H33NO3. The molecule has 0 aromatic heterocycles. The molecule has 4 rings (SSSR count). The number of aryl methyl sites for hydroxylation is 1. The predicted octanol–water partition coefficient (Wildman–Crippen LogP) is 5.98. The molecule has 0 N–H and O–H groups in total. The van der Waals surface area contributed by atoms with E-state index in [2.05, 4.69) is 26.8 Å². The van der Waals surface area contributed by atoms with Crippen LogP contribution >= 0.6 is 0 Å². The number of hydrogen-bond acceptors (Lipinski definition) is 4. The molecule has 3 atom stereocenters. The van der Waals surface area contributed by atoms with Crippen molar-refractivity contribution in [2.45, 2.75) is 58.9 Å². The SMILES string of the molecule is COc1ccc(C)cc1C1=CC(=O)C2(CC1C)CC(C)(C)N=C2C(C(C)=O)c1ccccc1. The van der Waals surface area contributed by atoms with Crippen LogP contribution in [0.3, 0.4) is 0 Å². The van der Waals surface area contributed by atoms with E-state index in [4.69, 9.17) is 9.73 Å². The number of carbonyl (C=O) groups is 2. The Labute approximate surface area is 196 Å². The summed E-state index contributed by atoms with van der Waals surface area (Å²) in [5, 5.41) is 0. The van der Waals surface area contributed by atoms with Crippen LogP contribution in [0.4, 0.5) is 0 Å². The van der Waals surface area contributed by atoms with E-state index in [1.54, 1.807) is 20.1 Å². The van der Waals surface area contributed by atoms with Gasteiger partial charge in [0.15, 0.2) is 5.78 Å². The number of hydrogen-bond donors (Lipinski definition) is 0. The van der Waals surface area contributed by atoms with Crippen molar-refractivity contribution < 1.29 is 14.3 Å². The maximum absolute atomic E-state index is 14.0. The first-order valence-corrected chi connectivity index (χ1v) is 11.6. The summed E-state index contributed by atoms with van der Waals surface area (Å²) in [5.41, 5.74) is 3.54. The second-order valence-corrected chi connectivity index (χ2v) is 10.3. The van der Waals surface area contributed by atoms with E-state index in [-0.39, 0.29) is 17.5 Å². The van der Waals surface area contributed by atoms with E-state index in [0.717, 1.165) is 33.7 Å². The number of Topliss-reactive ketones (excluding diaryl/α,β-unsaturated/α-hetero) is 1. The van der Waals surface area contributed by atoms with Gasteiger partial charge in [-0.05, 0) is 75.8 Å². The van der Waals surface area contributed by atoms with Crippen LogP contribution in [0.15, 0.2) is 59.6 Å². The van der Waals surface area contributed by atoms with Gasteiger partial charge >= 0.3 is 0 Å². The Bertz CT molecular complexity index is 1160. The van der Waals surface area contributed by atoms with Gasteiger partial charge in [-0.15, -0.1) is 0 Å². The van der Waals surface area contributed by atoms with Crippen molar-refractivity contribution in [1.29, 1.82) is 0 Å². The van der Waals surface area contributed by atoms with Gasteiger partial charge in [-0.1, -0.05) is 48.9 Å². The molecule has 0 saturated heterocycles. The number of carbonyl (C=O) groups excluding carboxylic acids is 2. The van der Waals surface area contributed by atoms with Gasteiger partial charge in [-0.2, -0.15) is 0 Å². The molecule has 1 aliphatic heterocycles. The molecule has 0 amide bonds. The first-order chi connectivity index (χ1) is 15.6. The van der Waals surface area contributed by atoms with E-state index in [1.807, 2.05) is 49.4 Å². The zero-order valence-corrected chi connectivity index (χ0v) is 20.4. The lowest BCUT2D eigenvalue weighted by molar-refractivity contribution is -0.122. The quantitative estimate of drug-likeness (QED) is 0.571. The third-order valence-corrected chi connectivity index (χ3v) is 7.07.